The molecule has 6 nitrogen and oxygen atoms in total. The Morgan fingerprint density at radius 2 is 0.983 bits per heavy atom. The molecule has 0 spiro atoms. The third-order valence-corrected chi connectivity index (χ3v) is 10.2. The SMILES string of the molecule is CC(=O)/C=C(/C)O.CCn1c2c[c-]c(-c3ccc4ccccc4n3)cc2c2ccccc21.CCn1c2c[c-]c(-c3ccc4ccccc4n3)cc2c2ccccc21.[Ir]. The molecule has 4 heterocycles. The van der Waals surface area contributed by atoms with E-state index >= 15 is 0 Å². The second kappa shape index (κ2) is 17.4. The summed E-state index contributed by atoms with van der Waals surface area (Å²) in [7, 11) is 0. The summed E-state index contributed by atoms with van der Waals surface area (Å²) in [6, 6.07) is 57.6. The molecule has 0 aliphatic carbocycles. The number of hydrogen-bond donors (Lipinski definition) is 1. The van der Waals surface area contributed by atoms with Crippen LogP contribution in [-0.2, 0) is 38.0 Å². The van der Waals surface area contributed by atoms with E-state index in [2.05, 4.69) is 156 Å². The van der Waals surface area contributed by atoms with Crippen molar-refractivity contribution in [1.82, 2.24) is 19.1 Å². The Hall–Kier alpha value is -6.40. The van der Waals surface area contributed by atoms with Crippen LogP contribution in [0.4, 0.5) is 0 Å². The monoisotopic (exact) mass is 935 g/mol. The first-order valence-electron chi connectivity index (χ1n) is 19.3. The summed E-state index contributed by atoms with van der Waals surface area (Å²) in [5.74, 6) is -0.0625. The number of nitrogens with zero attached hydrogens (tertiary/aromatic N) is 4. The first-order chi connectivity index (χ1) is 27.8. The quantitative estimate of drug-likeness (QED) is 0.106. The zero-order valence-electron chi connectivity index (χ0n) is 32.8. The molecule has 0 aliphatic rings. The maximum Gasteiger partial charge on any atom is 0.155 e. The van der Waals surface area contributed by atoms with Crippen molar-refractivity contribution in [2.45, 2.75) is 40.8 Å². The van der Waals surface area contributed by atoms with E-state index in [1.807, 2.05) is 24.3 Å². The van der Waals surface area contributed by atoms with Crippen LogP contribution in [0.3, 0.4) is 0 Å². The van der Waals surface area contributed by atoms with Crippen LogP contribution in [-0.4, -0.2) is 30.0 Å². The fourth-order valence-electron chi connectivity index (χ4n) is 7.68. The number of benzene rings is 6. The van der Waals surface area contributed by atoms with Crippen LogP contribution in [0.2, 0.25) is 0 Å². The molecule has 0 saturated carbocycles. The number of carbonyl (C=O) groups excluding carboxylic acids is 1. The molecule has 6 aromatic carbocycles. The van der Waals surface area contributed by atoms with Gasteiger partial charge in [0.25, 0.3) is 0 Å². The van der Waals surface area contributed by atoms with Gasteiger partial charge in [-0.25, -0.2) is 0 Å². The number of hydrogen-bond acceptors (Lipinski definition) is 4. The van der Waals surface area contributed by atoms with E-state index < -0.39 is 0 Å². The zero-order valence-corrected chi connectivity index (χ0v) is 35.2. The molecule has 289 valence electrons. The van der Waals surface area contributed by atoms with Crippen molar-refractivity contribution in [1.29, 1.82) is 0 Å². The molecule has 0 unspecified atom stereocenters. The molecule has 10 aromatic rings. The van der Waals surface area contributed by atoms with Gasteiger partial charge in [0.05, 0.1) is 16.8 Å². The predicted octanol–water partition coefficient (Wildman–Crippen LogP) is 12.7. The Morgan fingerprint density at radius 1 is 0.569 bits per heavy atom. The molecular formula is C51H42IrN4O2-2. The molecule has 58 heavy (non-hydrogen) atoms. The third kappa shape index (κ3) is 7.92. The number of para-hydroxylation sites is 4. The predicted molar refractivity (Wildman–Crippen MR) is 236 cm³/mol. The molecule has 0 saturated heterocycles. The van der Waals surface area contributed by atoms with Gasteiger partial charge >= 0.3 is 0 Å². The van der Waals surface area contributed by atoms with Gasteiger partial charge in [0, 0.05) is 50.3 Å². The van der Waals surface area contributed by atoms with Crippen molar-refractivity contribution < 1.29 is 30.0 Å². The second-order valence-corrected chi connectivity index (χ2v) is 14.0. The van der Waals surface area contributed by atoms with Gasteiger partial charge in [0.1, 0.15) is 0 Å². The third-order valence-electron chi connectivity index (χ3n) is 10.2. The number of fused-ring (bicyclic) bond motifs is 8. The molecule has 10 rings (SSSR count). The number of carbonyl (C=O) groups is 1. The molecule has 7 heteroatoms. The molecule has 1 radical (unpaired) electrons. The molecule has 0 fully saturated rings. The van der Waals surface area contributed by atoms with Crippen LogP contribution in [0.15, 0.2) is 157 Å². The Bertz CT molecular complexity index is 2920. The van der Waals surface area contributed by atoms with Crippen molar-refractivity contribution in [2.75, 3.05) is 0 Å². The van der Waals surface area contributed by atoms with E-state index in [0.717, 1.165) is 57.4 Å². The minimum absolute atomic E-state index is 0. The minimum atomic E-state index is -0.125. The summed E-state index contributed by atoms with van der Waals surface area (Å²) in [5, 5.41) is 15.8. The Kier molecular flexibility index (Phi) is 11.9. The largest absolute Gasteiger partial charge is 0.512 e. The van der Waals surface area contributed by atoms with Crippen molar-refractivity contribution in [3.8, 4) is 22.5 Å². The first kappa shape index (κ1) is 39.8. The zero-order chi connectivity index (χ0) is 39.5. The summed E-state index contributed by atoms with van der Waals surface area (Å²) in [4.78, 5) is 19.7. The number of rotatable bonds is 5. The summed E-state index contributed by atoms with van der Waals surface area (Å²) in [6.45, 7) is 9.12. The second-order valence-electron chi connectivity index (χ2n) is 14.0. The van der Waals surface area contributed by atoms with E-state index in [1.54, 1.807) is 0 Å². The normalized spacial score (nSPS) is 11.3. The molecule has 4 aromatic heterocycles. The van der Waals surface area contributed by atoms with Crippen molar-refractivity contribution in [3.63, 3.8) is 0 Å². The van der Waals surface area contributed by atoms with Gasteiger partial charge in [-0.1, -0.05) is 108 Å². The molecule has 0 bridgehead atoms. The van der Waals surface area contributed by atoms with Gasteiger partial charge in [0.2, 0.25) is 0 Å². The van der Waals surface area contributed by atoms with Crippen molar-refractivity contribution in [2.24, 2.45) is 0 Å². The molecule has 0 amide bonds. The van der Waals surface area contributed by atoms with Gasteiger partial charge in [-0.15, -0.1) is 47.5 Å². The van der Waals surface area contributed by atoms with E-state index in [4.69, 9.17) is 15.1 Å². The standard InChI is InChI=1S/2C23H17N2.C5H8O2.Ir/c2*1-2-25-22-10-6-4-8-18(22)19-15-17(12-14-23(19)25)21-13-11-16-7-3-5-9-20(16)24-21;1-4(6)3-5(2)7;/h2*3-11,13-15H,2H2,1H3;3,6H,1-2H3;/q2*-1;;/b;;4-3-;. The van der Waals surface area contributed by atoms with Crippen LogP contribution in [0.25, 0.3) is 87.9 Å². The summed E-state index contributed by atoms with van der Waals surface area (Å²) in [5.41, 5.74) is 11.1. The Balaban J connectivity index is 0.000000150. The van der Waals surface area contributed by atoms with Crippen molar-refractivity contribution in [3.05, 3.63) is 170 Å². The van der Waals surface area contributed by atoms with Crippen LogP contribution < -0.4 is 0 Å². The number of aryl methyl sites for hydroxylation is 2. The van der Waals surface area contributed by atoms with Gasteiger partial charge in [-0.05, 0) is 95.9 Å². The van der Waals surface area contributed by atoms with Crippen LogP contribution in [0.1, 0.15) is 27.7 Å². The first-order valence-corrected chi connectivity index (χ1v) is 19.3. The fraction of sp³-hybridized carbons (Fsp3) is 0.118. The van der Waals surface area contributed by atoms with Crippen molar-refractivity contribution >= 4 is 71.2 Å². The van der Waals surface area contributed by atoms with E-state index in [9.17, 15) is 4.79 Å². The summed E-state index contributed by atoms with van der Waals surface area (Å²) in [6.07, 6.45) is 1.17. The molecular weight excluding hydrogens is 893 g/mol. The number of aliphatic hydroxyl groups is 1. The smallest absolute Gasteiger partial charge is 0.155 e. The van der Waals surface area contributed by atoms with Crippen LogP contribution >= 0.6 is 0 Å². The van der Waals surface area contributed by atoms with Gasteiger partial charge in [-0.3, -0.25) is 14.8 Å². The number of aliphatic hydroxyl groups excluding tert-OH is 1. The number of pyridine rings is 2. The number of aromatic nitrogens is 4. The fourth-order valence-corrected chi connectivity index (χ4v) is 7.68. The number of allylic oxidation sites excluding steroid dienone is 2. The molecule has 0 atom stereocenters. The Morgan fingerprint density at radius 3 is 1.38 bits per heavy atom. The maximum atomic E-state index is 10.0. The van der Waals surface area contributed by atoms with Crippen LogP contribution in [0.5, 0.6) is 0 Å². The van der Waals surface area contributed by atoms with Crippen LogP contribution in [0, 0.1) is 12.1 Å². The summed E-state index contributed by atoms with van der Waals surface area (Å²) >= 11 is 0. The van der Waals surface area contributed by atoms with Gasteiger partial charge in [0.15, 0.2) is 5.78 Å². The van der Waals surface area contributed by atoms with E-state index in [1.165, 1.54) is 63.5 Å². The number of ketones is 1. The average molecular weight is 935 g/mol. The maximum absolute atomic E-state index is 10.0. The van der Waals surface area contributed by atoms with Gasteiger partial charge < -0.3 is 14.2 Å². The average Bonchev–Trinajstić information content (AvgIpc) is 3.74. The Labute approximate surface area is 351 Å². The summed E-state index contributed by atoms with van der Waals surface area (Å²) < 4.78 is 4.69. The molecule has 0 aliphatic heterocycles. The topological polar surface area (TPSA) is 72.9 Å². The van der Waals surface area contributed by atoms with E-state index in [-0.39, 0.29) is 31.6 Å². The molecule has 1 N–H and O–H groups in total. The minimum Gasteiger partial charge on any atom is -0.512 e. The van der Waals surface area contributed by atoms with E-state index in [0.29, 0.717) is 0 Å². The van der Waals surface area contributed by atoms with Gasteiger partial charge in [-0.2, -0.15) is 0 Å².